The maximum Gasteiger partial charge on any atom is 0.349 e. The highest BCUT2D eigenvalue weighted by Crippen LogP contribution is 2.27. The summed E-state index contributed by atoms with van der Waals surface area (Å²) in [5.74, 6) is 0.367. The fourth-order valence-corrected chi connectivity index (χ4v) is 3.99. The summed E-state index contributed by atoms with van der Waals surface area (Å²) in [5, 5.41) is 2.82. The molecule has 0 saturated carbocycles. The molecule has 1 aromatic heterocycles. The van der Waals surface area contributed by atoms with Crippen molar-refractivity contribution in [3.8, 4) is 0 Å². The van der Waals surface area contributed by atoms with Gasteiger partial charge < -0.3 is 19.2 Å². The second-order valence-electron chi connectivity index (χ2n) is 7.92. The topological polar surface area (TPSA) is 81.0 Å². The van der Waals surface area contributed by atoms with E-state index in [0.717, 1.165) is 45.7 Å². The van der Waals surface area contributed by atoms with Crippen LogP contribution in [0.3, 0.4) is 0 Å². The lowest BCUT2D eigenvalue weighted by atomic mass is 9.95. The number of morpholine rings is 1. The van der Waals surface area contributed by atoms with Gasteiger partial charge in [0.05, 0.1) is 13.2 Å². The van der Waals surface area contributed by atoms with E-state index in [4.69, 9.17) is 13.9 Å². The summed E-state index contributed by atoms with van der Waals surface area (Å²) in [6.07, 6.45) is 1.65. The van der Waals surface area contributed by atoms with Crippen molar-refractivity contribution < 1.29 is 18.7 Å². The minimum Gasteiger partial charge on any atom is -0.427 e. The van der Waals surface area contributed by atoms with Crippen LogP contribution in [0.15, 0.2) is 39.5 Å². The van der Waals surface area contributed by atoms with Crippen LogP contribution in [-0.4, -0.2) is 50.3 Å². The fraction of sp³-hybridized carbons (Fsp3) is 0.478. The summed E-state index contributed by atoms with van der Waals surface area (Å²) < 4.78 is 16.2. The molecule has 4 rings (SSSR count). The van der Waals surface area contributed by atoms with E-state index in [1.807, 2.05) is 30.3 Å². The summed E-state index contributed by atoms with van der Waals surface area (Å²) in [5.41, 5.74) is 1.93. The number of carbonyl (C=O) groups excluding carboxylic acids is 1. The average molecular weight is 412 g/mol. The molecule has 0 spiro atoms. The third kappa shape index (κ3) is 4.98. The summed E-state index contributed by atoms with van der Waals surface area (Å²) in [7, 11) is 0. The van der Waals surface area contributed by atoms with Gasteiger partial charge in [-0.2, -0.15) is 0 Å². The summed E-state index contributed by atoms with van der Waals surface area (Å²) in [6.45, 7) is 7.35. The molecule has 2 saturated heterocycles. The van der Waals surface area contributed by atoms with E-state index in [1.54, 1.807) is 6.92 Å². The highest BCUT2D eigenvalue weighted by Gasteiger charge is 2.23. The Labute approximate surface area is 176 Å². The zero-order valence-electron chi connectivity index (χ0n) is 17.3. The van der Waals surface area contributed by atoms with Crippen molar-refractivity contribution in [3.05, 3.63) is 63.2 Å². The van der Waals surface area contributed by atoms with Crippen LogP contribution in [0.25, 0.3) is 0 Å². The molecule has 0 bridgehead atoms. The molecular formula is C23H28N2O5. The second-order valence-corrected chi connectivity index (χ2v) is 7.92. The van der Waals surface area contributed by atoms with Crippen LogP contribution in [0.5, 0.6) is 0 Å². The number of aryl methyl sites for hydroxylation is 1. The van der Waals surface area contributed by atoms with E-state index < -0.39 is 11.5 Å². The van der Waals surface area contributed by atoms with Gasteiger partial charge in [-0.15, -0.1) is 0 Å². The zero-order chi connectivity index (χ0) is 20.9. The first-order valence-corrected chi connectivity index (χ1v) is 10.5. The van der Waals surface area contributed by atoms with Gasteiger partial charge >= 0.3 is 5.63 Å². The number of carbonyl (C=O) groups is 1. The normalized spacial score (nSPS) is 18.3. The predicted octanol–water partition coefficient (Wildman–Crippen LogP) is 2.93. The molecule has 3 heterocycles. The van der Waals surface area contributed by atoms with Crippen molar-refractivity contribution in [1.29, 1.82) is 0 Å². The molecule has 7 nitrogen and oxygen atoms in total. The first-order valence-electron chi connectivity index (χ1n) is 10.5. The molecule has 1 N–H and O–H groups in total. The Morgan fingerprint density at radius 2 is 1.73 bits per heavy atom. The number of nitrogens with one attached hydrogen (secondary N) is 1. The summed E-state index contributed by atoms with van der Waals surface area (Å²) in [6, 6.07) is 9.53. The Balaban J connectivity index is 1.42. The molecule has 0 unspecified atom stereocenters. The monoisotopic (exact) mass is 412 g/mol. The van der Waals surface area contributed by atoms with E-state index in [0.29, 0.717) is 30.2 Å². The van der Waals surface area contributed by atoms with Gasteiger partial charge in [0.1, 0.15) is 11.3 Å². The third-order valence-electron chi connectivity index (χ3n) is 5.74. The SMILES string of the molecule is Cc1cc(C2CCOCC2)oc(=O)c1C(=O)Nc1ccc(CN2CCOCC2)cc1. The number of ether oxygens (including phenoxy) is 2. The third-order valence-corrected chi connectivity index (χ3v) is 5.74. The highest BCUT2D eigenvalue weighted by atomic mass is 16.5. The van der Waals surface area contributed by atoms with Gasteiger partial charge in [0.2, 0.25) is 0 Å². The number of benzene rings is 1. The molecule has 2 aromatic rings. The van der Waals surface area contributed by atoms with Gasteiger partial charge in [-0.1, -0.05) is 12.1 Å². The molecule has 1 amide bonds. The number of amides is 1. The van der Waals surface area contributed by atoms with E-state index in [2.05, 4.69) is 10.2 Å². The average Bonchev–Trinajstić information content (AvgIpc) is 2.76. The molecule has 160 valence electrons. The van der Waals surface area contributed by atoms with Crippen LogP contribution < -0.4 is 10.9 Å². The first kappa shape index (κ1) is 20.8. The van der Waals surface area contributed by atoms with Crippen molar-refractivity contribution in [2.75, 3.05) is 44.8 Å². The maximum absolute atomic E-state index is 12.7. The van der Waals surface area contributed by atoms with Gasteiger partial charge in [-0.05, 0) is 49.1 Å². The molecule has 2 fully saturated rings. The van der Waals surface area contributed by atoms with Crippen LogP contribution in [0.2, 0.25) is 0 Å². The van der Waals surface area contributed by atoms with Crippen LogP contribution in [0.4, 0.5) is 5.69 Å². The Hall–Kier alpha value is -2.48. The van der Waals surface area contributed by atoms with Gasteiger partial charge in [0.25, 0.3) is 5.91 Å². The van der Waals surface area contributed by atoms with Gasteiger partial charge in [0.15, 0.2) is 0 Å². The lowest BCUT2D eigenvalue weighted by Crippen LogP contribution is -2.35. The molecule has 0 aliphatic carbocycles. The Bertz CT molecular complexity index is 926. The van der Waals surface area contributed by atoms with Crippen molar-refractivity contribution in [3.63, 3.8) is 0 Å². The van der Waals surface area contributed by atoms with Crippen LogP contribution in [-0.2, 0) is 16.0 Å². The number of hydrogen-bond donors (Lipinski definition) is 1. The van der Waals surface area contributed by atoms with Crippen molar-refractivity contribution in [2.24, 2.45) is 0 Å². The van der Waals surface area contributed by atoms with Gasteiger partial charge in [-0.25, -0.2) is 4.79 Å². The molecule has 7 heteroatoms. The quantitative estimate of drug-likeness (QED) is 0.813. The first-order chi connectivity index (χ1) is 14.6. The molecular weight excluding hydrogens is 384 g/mol. The van der Waals surface area contributed by atoms with E-state index >= 15 is 0 Å². The minimum absolute atomic E-state index is 0.0585. The molecule has 30 heavy (non-hydrogen) atoms. The van der Waals surface area contributed by atoms with Crippen LogP contribution in [0.1, 0.15) is 46.0 Å². The van der Waals surface area contributed by atoms with Crippen molar-refractivity contribution in [2.45, 2.75) is 32.2 Å². The lowest BCUT2D eigenvalue weighted by Gasteiger charge is -2.26. The molecule has 0 radical (unpaired) electrons. The largest absolute Gasteiger partial charge is 0.427 e. The molecule has 0 atom stereocenters. The number of hydrogen-bond acceptors (Lipinski definition) is 6. The summed E-state index contributed by atoms with van der Waals surface area (Å²) >= 11 is 0. The Morgan fingerprint density at radius 1 is 1.07 bits per heavy atom. The fourth-order valence-electron chi connectivity index (χ4n) is 3.99. The Morgan fingerprint density at radius 3 is 2.40 bits per heavy atom. The second kappa shape index (κ2) is 9.55. The van der Waals surface area contributed by atoms with Crippen molar-refractivity contribution >= 4 is 11.6 Å². The maximum atomic E-state index is 12.7. The van der Waals surface area contributed by atoms with Crippen LogP contribution in [0, 0.1) is 6.92 Å². The molecule has 2 aliphatic heterocycles. The smallest absolute Gasteiger partial charge is 0.349 e. The molecule has 2 aliphatic rings. The number of anilines is 1. The highest BCUT2D eigenvalue weighted by molar-refractivity contribution is 6.04. The van der Waals surface area contributed by atoms with Gasteiger partial charge in [-0.3, -0.25) is 9.69 Å². The molecule has 1 aromatic carbocycles. The summed E-state index contributed by atoms with van der Waals surface area (Å²) in [4.78, 5) is 27.6. The minimum atomic E-state index is -0.585. The van der Waals surface area contributed by atoms with E-state index in [1.165, 1.54) is 5.56 Å². The lowest BCUT2D eigenvalue weighted by molar-refractivity contribution is 0.0342. The Kier molecular flexibility index (Phi) is 6.62. The van der Waals surface area contributed by atoms with Crippen molar-refractivity contribution in [1.82, 2.24) is 4.90 Å². The van der Waals surface area contributed by atoms with E-state index in [9.17, 15) is 9.59 Å². The van der Waals surface area contributed by atoms with E-state index in [-0.39, 0.29) is 11.5 Å². The zero-order valence-corrected chi connectivity index (χ0v) is 17.3. The number of rotatable bonds is 5. The van der Waals surface area contributed by atoms with Crippen LogP contribution >= 0.6 is 0 Å². The predicted molar refractivity (Wildman–Crippen MR) is 113 cm³/mol. The standard InChI is InChI=1S/C23H28N2O5/c1-16-14-20(18-6-10-28-11-7-18)30-23(27)21(16)22(26)24-19-4-2-17(3-5-19)15-25-8-12-29-13-9-25/h2-5,14,18H,6-13,15H2,1H3,(H,24,26). The number of nitrogens with zero attached hydrogens (tertiary/aromatic N) is 1. The van der Waals surface area contributed by atoms with Gasteiger partial charge in [0, 0.05) is 44.5 Å².